The van der Waals surface area contributed by atoms with Gasteiger partial charge in [0.25, 0.3) is 0 Å². The Morgan fingerprint density at radius 1 is 1.00 bits per heavy atom. The second-order valence-corrected chi connectivity index (χ2v) is 5.98. The molecule has 1 heterocycles. The number of benzene rings is 2. The third kappa shape index (κ3) is 4.87. The highest BCUT2D eigenvalue weighted by Gasteiger charge is 2.22. The van der Waals surface area contributed by atoms with Gasteiger partial charge in [0, 0.05) is 30.5 Å². The summed E-state index contributed by atoms with van der Waals surface area (Å²) in [6, 6.07) is 14.3. The normalized spacial score (nSPS) is 12.0. The zero-order valence-corrected chi connectivity index (χ0v) is 14.6. The van der Waals surface area contributed by atoms with Crippen LogP contribution in [0, 0.1) is 11.6 Å². The molecule has 0 aliphatic carbocycles. The van der Waals surface area contributed by atoms with Crippen LogP contribution >= 0.6 is 0 Å². The number of aliphatic hydroxyl groups excluding tert-OH is 1. The van der Waals surface area contributed by atoms with Crippen LogP contribution in [0.2, 0.25) is 0 Å². The molecule has 27 heavy (non-hydrogen) atoms. The molecule has 1 aromatic heterocycles. The second kappa shape index (κ2) is 9.21. The molecule has 0 aliphatic rings. The summed E-state index contributed by atoms with van der Waals surface area (Å²) in [5.41, 5.74) is 1.21. The van der Waals surface area contributed by atoms with Crippen molar-refractivity contribution in [1.82, 2.24) is 10.3 Å². The number of hydrogen-bond donors (Lipinski definition) is 2. The summed E-state index contributed by atoms with van der Waals surface area (Å²) < 4.78 is 34.8. The van der Waals surface area contributed by atoms with Gasteiger partial charge in [-0.25, -0.2) is 8.78 Å². The maximum absolute atomic E-state index is 15.1. The lowest BCUT2D eigenvalue weighted by Gasteiger charge is -2.21. The van der Waals surface area contributed by atoms with E-state index in [0.29, 0.717) is 12.2 Å². The van der Waals surface area contributed by atoms with Crippen LogP contribution in [0.15, 0.2) is 67.0 Å². The molecule has 3 rings (SSSR count). The minimum absolute atomic E-state index is 0.0942. The van der Waals surface area contributed by atoms with Crippen molar-refractivity contribution in [3.63, 3.8) is 0 Å². The van der Waals surface area contributed by atoms with Crippen LogP contribution in [-0.4, -0.2) is 23.2 Å². The summed E-state index contributed by atoms with van der Waals surface area (Å²) >= 11 is 0. The zero-order chi connectivity index (χ0) is 19.1. The highest BCUT2D eigenvalue weighted by molar-refractivity contribution is 5.38. The fourth-order valence-corrected chi connectivity index (χ4v) is 2.80. The van der Waals surface area contributed by atoms with E-state index in [9.17, 15) is 4.39 Å². The molecule has 0 saturated carbocycles. The average molecular weight is 370 g/mol. The van der Waals surface area contributed by atoms with E-state index < -0.39 is 23.4 Å². The van der Waals surface area contributed by atoms with Gasteiger partial charge in [-0.3, -0.25) is 4.98 Å². The van der Waals surface area contributed by atoms with Crippen LogP contribution in [0.3, 0.4) is 0 Å². The van der Waals surface area contributed by atoms with E-state index in [2.05, 4.69) is 10.3 Å². The summed E-state index contributed by atoms with van der Waals surface area (Å²) in [4.78, 5) is 3.97. The lowest BCUT2D eigenvalue weighted by atomic mass is 9.98. The van der Waals surface area contributed by atoms with Gasteiger partial charge in [-0.15, -0.1) is 0 Å². The first-order valence-electron chi connectivity index (χ1n) is 8.63. The first-order valence-corrected chi connectivity index (χ1v) is 8.63. The molecule has 0 saturated heterocycles. The number of para-hydroxylation sites is 1. The molecule has 1 atom stereocenters. The maximum Gasteiger partial charge on any atom is 0.198 e. The number of aliphatic hydroxyl groups is 1. The molecule has 6 heteroatoms. The number of halogens is 2. The van der Waals surface area contributed by atoms with E-state index in [1.807, 2.05) is 12.1 Å². The van der Waals surface area contributed by atoms with Gasteiger partial charge in [0.05, 0.1) is 6.61 Å². The van der Waals surface area contributed by atoms with Crippen molar-refractivity contribution in [2.45, 2.75) is 12.5 Å². The van der Waals surface area contributed by atoms with Crippen molar-refractivity contribution >= 4 is 0 Å². The molecule has 2 aromatic carbocycles. The molecule has 0 bridgehead atoms. The first kappa shape index (κ1) is 18.9. The predicted molar refractivity (Wildman–Crippen MR) is 98.6 cm³/mol. The number of hydrogen-bond acceptors (Lipinski definition) is 4. The molecule has 0 radical (unpaired) electrons. The molecule has 0 unspecified atom stereocenters. The fourth-order valence-electron chi connectivity index (χ4n) is 2.80. The molecule has 0 aliphatic heterocycles. The molecule has 0 amide bonds. The van der Waals surface area contributed by atoms with Crippen LogP contribution in [0.4, 0.5) is 8.78 Å². The van der Waals surface area contributed by atoms with Gasteiger partial charge >= 0.3 is 0 Å². The number of nitrogens with zero attached hydrogens (tertiary/aromatic N) is 1. The number of ether oxygens (including phenoxy) is 1. The summed E-state index contributed by atoms with van der Waals surface area (Å²) in [5, 5.41) is 12.2. The third-order valence-electron chi connectivity index (χ3n) is 4.11. The zero-order valence-electron chi connectivity index (χ0n) is 14.6. The van der Waals surface area contributed by atoms with E-state index in [1.165, 1.54) is 12.1 Å². The highest BCUT2D eigenvalue weighted by atomic mass is 19.1. The van der Waals surface area contributed by atoms with Crippen LogP contribution in [0.1, 0.15) is 17.2 Å². The van der Waals surface area contributed by atoms with Crippen molar-refractivity contribution in [2.24, 2.45) is 0 Å². The minimum atomic E-state index is -0.773. The standard InChI is InChI=1S/C21H20F2N2O2/c22-18-7-6-17(20(23)21(18)27-16-4-2-1-3-5-16)19(25-12-13-26)14-15-8-10-24-11-9-15/h1-11,19,25-26H,12-14H2/t19-/m0/s1. The molecule has 0 fully saturated rings. The predicted octanol–water partition coefficient (Wildman–Crippen LogP) is 4.02. The Morgan fingerprint density at radius 2 is 1.74 bits per heavy atom. The monoisotopic (exact) mass is 370 g/mol. The number of rotatable bonds is 8. The van der Waals surface area contributed by atoms with Crippen molar-refractivity contribution < 1.29 is 18.6 Å². The lowest BCUT2D eigenvalue weighted by Crippen LogP contribution is -2.27. The van der Waals surface area contributed by atoms with Gasteiger partial charge in [-0.2, -0.15) is 0 Å². The molecular weight excluding hydrogens is 350 g/mol. The van der Waals surface area contributed by atoms with E-state index in [0.717, 1.165) is 5.56 Å². The van der Waals surface area contributed by atoms with Crippen LogP contribution < -0.4 is 10.1 Å². The first-order chi connectivity index (χ1) is 13.2. The van der Waals surface area contributed by atoms with Crippen LogP contribution in [-0.2, 0) is 6.42 Å². The Balaban J connectivity index is 1.93. The summed E-state index contributed by atoms with van der Waals surface area (Å²) in [7, 11) is 0. The van der Waals surface area contributed by atoms with Gasteiger partial charge in [0.15, 0.2) is 17.4 Å². The summed E-state index contributed by atoms with van der Waals surface area (Å²) in [6.07, 6.45) is 3.77. The number of aromatic nitrogens is 1. The Labute approximate surface area is 156 Å². The van der Waals surface area contributed by atoms with Gasteiger partial charge in [0.1, 0.15) is 5.75 Å². The van der Waals surface area contributed by atoms with Gasteiger partial charge in [0.2, 0.25) is 0 Å². The van der Waals surface area contributed by atoms with Gasteiger partial charge in [-0.1, -0.05) is 24.3 Å². The Kier molecular flexibility index (Phi) is 6.46. The van der Waals surface area contributed by atoms with Crippen LogP contribution in [0.5, 0.6) is 11.5 Å². The van der Waals surface area contributed by atoms with Crippen molar-refractivity contribution in [1.29, 1.82) is 0 Å². The van der Waals surface area contributed by atoms with Gasteiger partial charge in [-0.05, 0) is 42.3 Å². The Hall–Kier alpha value is -2.83. The molecular formula is C21H20F2N2O2. The van der Waals surface area contributed by atoms with E-state index in [-0.39, 0.29) is 18.7 Å². The summed E-state index contributed by atoms with van der Waals surface area (Å²) in [5.74, 6) is -1.63. The summed E-state index contributed by atoms with van der Waals surface area (Å²) in [6.45, 7) is 0.185. The molecule has 4 nitrogen and oxygen atoms in total. The topological polar surface area (TPSA) is 54.4 Å². The third-order valence-corrected chi connectivity index (χ3v) is 4.11. The smallest absolute Gasteiger partial charge is 0.198 e. The number of pyridine rings is 1. The van der Waals surface area contributed by atoms with Gasteiger partial charge < -0.3 is 15.2 Å². The lowest BCUT2D eigenvalue weighted by molar-refractivity contribution is 0.283. The van der Waals surface area contributed by atoms with Crippen LogP contribution in [0.25, 0.3) is 0 Å². The van der Waals surface area contributed by atoms with Crippen molar-refractivity contribution in [3.8, 4) is 11.5 Å². The minimum Gasteiger partial charge on any atom is -0.451 e. The van der Waals surface area contributed by atoms with Crippen molar-refractivity contribution in [2.75, 3.05) is 13.2 Å². The molecule has 3 aromatic rings. The van der Waals surface area contributed by atoms with Crippen molar-refractivity contribution in [3.05, 3.63) is 89.8 Å². The van der Waals surface area contributed by atoms with E-state index in [4.69, 9.17) is 9.84 Å². The fraction of sp³-hybridized carbons (Fsp3) is 0.190. The molecule has 0 spiro atoms. The SMILES string of the molecule is OCCN[C@@H](Cc1ccncc1)c1ccc(F)c(Oc2ccccc2)c1F. The Bertz CT molecular complexity index is 861. The largest absolute Gasteiger partial charge is 0.451 e. The van der Waals surface area contributed by atoms with E-state index in [1.54, 1.807) is 42.7 Å². The highest BCUT2D eigenvalue weighted by Crippen LogP contribution is 2.33. The molecule has 140 valence electrons. The second-order valence-electron chi connectivity index (χ2n) is 5.98. The quantitative estimate of drug-likeness (QED) is 0.629. The molecule has 2 N–H and O–H groups in total. The average Bonchev–Trinajstić information content (AvgIpc) is 2.70. The maximum atomic E-state index is 15.1. The number of nitrogens with one attached hydrogen (secondary N) is 1. The van der Waals surface area contributed by atoms with E-state index >= 15 is 4.39 Å². The Morgan fingerprint density at radius 3 is 2.44 bits per heavy atom.